The summed E-state index contributed by atoms with van der Waals surface area (Å²) in [5.74, 6) is 0.274. The summed E-state index contributed by atoms with van der Waals surface area (Å²) >= 11 is 0. The van der Waals surface area contributed by atoms with Crippen molar-refractivity contribution in [1.82, 2.24) is 10.3 Å². The van der Waals surface area contributed by atoms with Crippen LogP contribution in [0.5, 0.6) is 5.75 Å². The molecule has 0 fully saturated rings. The van der Waals surface area contributed by atoms with E-state index in [1.54, 1.807) is 31.2 Å². The van der Waals surface area contributed by atoms with Gasteiger partial charge in [0.2, 0.25) is 0 Å². The Balaban J connectivity index is 1.35. The van der Waals surface area contributed by atoms with Gasteiger partial charge in [0.15, 0.2) is 6.10 Å². The molecule has 4 rings (SSSR count). The van der Waals surface area contributed by atoms with Crippen LogP contribution in [0.25, 0.3) is 21.9 Å². The van der Waals surface area contributed by atoms with Crippen LogP contribution in [0.4, 0.5) is 0 Å². The lowest BCUT2D eigenvalue weighted by Crippen LogP contribution is -2.37. The van der Waals surface area contributed by atoms with Crippen LogP contribution in [-0.4, -0.2) is 23.5 Å². The Morgan fingerprint density at radius 1 is 1.18 bits per heavy atom. The number of fused-ring (bicyclic) bond motifs is 2. The molecule has 0 saturated carbocycles. The molecule has 0 aliphatic carbocycles. The number of H-pyrrole nitrogens is 1. The largest absolute Gasteiger partial charge is 0.481 e. The smallest absolute Gasteiger partial charge is 0.336 e. The number of carbonyl (C=O) groups is 1. The molecule has 0 aliphatic rings. The third-order valence-electron chi connectivity index (χ3n) is 4.65. The van der Waals surface area contributed by atoms with Crippen LogP contribution in [0.15, 0.2) is 70.0 Å². The first kappa shape index (κ1) is 17.9. The van der Waals surface area contributed by atoms with Crippen LogP contribution in [0.3, 0.4) is 0 Å². The van der Waals surface area contributed by atoms with E-state index in [1.807, 2.05) is 24.4 Å². The first-order valence-corrected chi connectivity index (χ1v) is 9.13. The Labute approximate surface area is 161 Å². The second-order valence-corrected chi connectivity index (χ2v) is 6.61. The molecule has 0 radical (unpaired) electrons. The Hall–Kier alpha value is -3.54. The van der Waals surface area contributed by atoms with Crippen LogP contribution < -0.4 is 15.7 Å². The van der Waals surface area contributed by atoms with Crippen LogP contribution in [0.1, 0.15) is 12.5 Å². The third kappa shape index (κ3) is 3.76. The summed E-state index contributed by atoms with van der Waals surface area (Å²) < 4.78 is 10.8. The van der Waals surface area contributed by atoms with E-state index in [4.69, 9.17) is 9.15 Å². The monoisotopic (exact) mass is 376 g/mol. The molecule has 28 heavy (non-hydrogen) atoms. The summed E-state index contributed by atoms with van der Waals surface area (Å²) in [4.78, 5) is 26.9. The fraction of sp³-hybridized carbons (Fsp3) is 0.182. The summed E-state index contributed by atoms with van der Waals surface area (Å²) in [7, 11) is 0. The zero-order valence-electron chi connectivity index (χ0n) is 15.4. The molecule has 0 bridgehead atoms. The van der Waals surface area contributed by atoms with Crippen molar-refractivity contribution < 1.29 is 13.9 Å². The Kier molecular flexibility index (Phi) is 4.85. The van der Waals surface area contributed by atoms with Crippen LogP contribution in [0, 0.1) is 0 Å². The number of rotatable bonds is 6. The van der Waals surface area contributed by atoms with Gasteiger partial charge in [0, 0.05) is 41.2 Å². The maximum Gasteiger partial charge on any atom is 0.336 e. The quantitative estimate of drug-likeness (QED) is 0.505. The number of amides is 1. The van der Waals surface area contributed by atoms with E-state index in [-0.39, 0.29) is 5.91 Å². The van der Waals surface area contributed by atoms with Gasteiger partial charge in [0.25, 0.3) is 5.91 Å². The van der Waals surface area contributed by atoms with E-state index in [2.05, 4.69) is 16.4 Å². The molecule has 1 amide bonds. The number of benzene rings is 2. The highest BCUT2D eigenvalue weighted by Crippen LogP contribution is 2.21. The number of nitrogens with one attached hydrogen (secondary N) is 2. The molecule has 0 aliphatic heterocycles. The minimum absolute atomic E-state index is 0.200. The molecular weight excluding hydrogens is 356 g/mol. The molecule has 2 aromatic carbocycles. The maximum atomic E-state index is 12.3. The zero-order chi connectivity index (χ0) is 19.5. The van der Waals surface area contributed by atoms with Crippen molar-refractivity contribution in [3.8, 4) is 5.75 Å². The second-order valence-electron chi connectivity index (χ2n) is 6.61. The van der Waals surface area contributed by atoms with Crippen molar-refractivity contribution in [2.75, 3.05) is 6.54 Å². The Bertz CT molecular complexity index is 1190. The van der Waals surface area contributed by atoms with Gasteiger partial charge < -0.3 is 19.5 Å². The molecule has 4 aromatic rings. The summed E-state index contributed by atoms with van der Waals surface area (Å²) in [5.41, 5.74) is 2.25. The van der Waals surface area contributed by atoms with Gasteiger partial charge >= 0.3 is 5.63 Å². The highest BCUT2D eigenvalue weighted by Gasteiger charge is 2.15. The zero-order valence-corrected chi connectivity index (χ0v) is 15.4. The fourth-order valence-electron chi connectivity index (χ4n) is 3.17. The highest BCUT2D eigenvalue weighted by molar-refractivity contribution is 5.84. The average Bonchev–Trinajstić information content (AvgIpc) is 3.11. The Morgan fingerprint density at radius 3 is 2.89 bits per heavy atom. The number of aromatic amines is 1. The highest BCUT2D eigenvalue weighted by atomic mass is 16.5. The predicted octanol–water partition coefficient (Wildman–Crippen LogP) is 3.40. The minimum atomic E-state index is -0.671. The van der Waals surface area contributed by atoms with Gasteiger partial charge in [0.1, 0.15) is 11.3 Å². The van der Waals surface area contributed by atoms with E-state index in [9.17, 15) is 9.59 Å². The lowest BCUT2D eigenvalue weighted by atomic mass is 10.1. The average molecular weight is 376 g/mol. The fourth-order valence-corrected chi connectivity index (χ4v) is 3.17. The lowest BCUT2D eigenvalue weighted by Gasteiger charge is -2.15. The van der Waals surface area contributed by atoms with Crippen LogP contribution in [-0.2, 0) is 11.2 Å². The second kappa shape index (κ2) is 7.60. The molecule has 1 atom stereocenters. The summed E-state index contributed by atoms with van der Waals surface area (Å²) in [6.45, 7) is 2.20. The Morgan fingerprint density at radius 2 is 2.00 bits per heavy atom. The van der Waals surface area contributed by atoms with E-state index in [0.29, 0.717) is 17.9 Å². The molecule has 142 valence electrons. The first-order chi connectivity index (χ1) is 13.6. The normalized spacial score (nSPS) is 12.2. The molecule has 0 saturated heterocycles. The van der Waals surface area contributed by atoms with Crippen molar-refractivity contribution in [3.05, 3.63) is 76.8 Å². The van der Waals surface area contributed by atoms with Crippen molar-refractivity contribution in [3.63, 3.8) is 0 Å². The van der Waals surface area contributed by atoms with Gasteiger partial charge in [-0.1, -0.05) is 18.2 Å². The molecular formula is C22H20N2O4. The van der Waals surface area contributed by atoms with Crippen molar-refractivity contribution in [1.29, 1.82) is 0 Å². The van der Waals surface area contributed by atoms with Crippen LogP contribution in [0.2, 0.25) is 0 Å². The number of hydrogen-bond donors (Lipinski definition) is 2. The summed E-state index contributed by atoms with van der Waals surface area (Å²) in [6, 6.07) is 16.3. The van der Waals surface area contributed by atoms with Gasteiger partial charge in [-0.25, -0.2) is 4.79 Å². The van der Waals surface area contributed by atoms with Gasteiger partial charge in [-0.3, -0.25) is 4.79 Å². The van der Waals surface area contributed by atoms with Crippen molar-refractivity contribution in [2.24, 2.45) is 0 Å². The van der Waals surface area contributed by atoms with Crippen LogP contribution >= 0.6 is 0 Å². The topological polar surface area (TPSA) is 84.3 Å². The van der Waals surface area contributed by atoms with E-state index in [1.165, 1.54) is 11.5 Å². The van der Waals surface area contributed by atoms with Gasteiger partial charge in [-0.2, -0.15) is 0 Å². The molecule has 6 nitrogen and oxygen atoms in total. The number of para-hydroxylation sites is 1. The number of hydrogen-bond acceptors (Lipinski definition) is 4. The first-order valence-electron chi connectivity index (χ1n) is 9.13. The maximum absolute atomic E-state index is 12.3. The predicted molar refractivity (Wildman–Crippen MR) is 108 cm³/mol. The molecule has 2 N–H and O–H groups in total. The summed E-state index contributed by atoms with van der Waals surface area (Å²) in [5, 5.41) is 4.86. The van der Waals surface area contributed by atoms with Gasteiger partial charge in [-0.15, -0.1) is 0 Å². The van der Waals surface area contributed by atoms with Gasteiger partial charge in [-0.05, 0) is 43.2 Å². The number of ether oxygens (including phenoxy) is 1. The van der Waals surface area contributed by atoms with Crippen molar-refractivity contribution in [2.45, 2.75) is 19.4 Å². The number of carbonyl (C=O) groups excluding carboxylic acids is 1. The molecule has 6 heteroatoms. The standard InChI is InChI=1S/C22H20N2O4/c1-14(27-17-8-6-15-7-9-21(25)28-20(15)12-17)22(26)23-11-10-16-13-24-19-5-3-2-4-18(16)19/h2-9,12-14,24H,10-11H2,1H3,(H,23,26)/t14-/m0/s1. The van der Waals surface area contributed by atoms with Gasteiger partial charge in [0.05, 0.1) is 0 Å². The summed E-state index contributed by atoms with van der Waals surface area (Å²) in [6.07, 6.45) is 2.03. The molecule has 0 unspecified atom stereocenters. The van der Waals surface area contributed by atoms with E-state index in [0.717, 1.165) is 22.9 Å². The molecule has 2 heterocycles. The molecule has 0 spiro atoms. The molecule has 2 aromatic heterocycles. The third-order valence-corrected chi connectivity index (χ3v) is 4.65. The minimum Gasteiger partial charge on any atom is -0.481 e. The SMILES string of the molecule is C[C@H](Oc1ccc2ccc(=O)oc2c1)C(=O)NCCc1c[nH]c2ccccc12. The lowest BCUT2D eigenvalue weighted by molar-refractivity contribution is -0.127. The van der Waals surface area contributed by atoms with E-state index < -0.39 is 11.7 Å². The number of aromatic nitrogens is 1. The van der Waals surface area contributed by atoms with E-state index >= 15 is 0 Å². The van der Waals surface area contributed by atoms with Crippen molar-refractivity contribution >= 4 is 27.8 Å².